The third kappa shape index (κ3) is 1.13. The van der Waals surface area contributed by atoms with Crippen molar-refractivity contribution in [3.8, 4) is 0 Å². The molecule has 1 aliphatic heterocycles. The predicted molar refractivity (Wildman–Crippen MR) is 53.6 cm³/mol. The van der Waals surface area contributed by atoms with Crippen molar-refractivity contribution in [3.63, 3.8) is 0 Å². The first-order valence-corrected chi connectivity index (χ1v) is 4.86. The van der Waals surface area contributed by atoms with E-state index in [1.54, 1.807) is 23.9 Å². The minimum Gasteiger partial charge on any atom is -0.347 e. The number of carbonyl (C=O) groups is 2. The zero-order valence-electron chi connectivity index (χ0n) is 9.44. The summed E-state index contributed by atoms with van der Waals surface area (Å²) in [7, 11) is 3.45. The Labute approximate surface area is 84.9 Å². The molecule has 4 nitrogen and oxygen atoms in total. The number of likely N-dealkylation sites (N-methyl/N-ethyl adjacent to an activating group) is 1. The molecule has 0 aliphatic carbocycles. The number of rotatable bonds is 3. The second kappa shape index (κ2) is 3.26. The average molecular weight is 198 g/mol. The average Bonchev–Trinajstić information content (AvgIpc) is 2.70. The Bertz CT molecular complexity index is 263. The molecule has 0 saturated carbocycles. The molecule has 1 fully saturated rings. The van der Waals surface area contributed by atoms with Gasteiger partial charge >= 0.3 is 0 Å². The van der Waals surface area contributed by atoms with Crippen LogP contribution in [0.5, 0.6) is 0 Å². The van der Waals surface area contributed by atoms with E-state index in [1.807, 2.05) is 20.8 Å². The molecule has 1 aliphatic rings. The number of amides is 2. The SMILES string of the molecule is CC(C)C1(C(=O)N(C)C)C(C)N1C=O. The van der Waals surface area contributed by atoms with Crippen molar-refractivity contribution in [2.75, 3.05) is 14.1 Å². The zero-order valence-corrected chi connectivity index (χ0v) is 9.44. The van der Waals surface area contributed by atoms with E-state index in [2.05, 4.69) is 0 Å². The smallest absolute Gasteiger partial charge is 0.250 e. The highest BCUT2D eigenvalue weighted by Crippen LogP contribution is 2.46. The summed E-state index contributed by atoms with van der Waals surface area (Å²) in [5.41, 5.74) is -0.592. The van der Waals surface area contributed by atoms with Gasteiger partial charge < -0.3 is 9.80 Å². The second-order valence-corrected chi connectivity index (χ2v) is 4.37. The molecule has 0 radical (unpaired) electrons. The van der Waals surface area contributed by atoms with Crippen molar-refractivity contribution in [2.45, 2.75) is 32.4 Å². The summed E-state index contributed by atoms with van der Waals surface area (Å²) < 4.78 is 0. The molecule has 80 valence electrons. The minimum absolute atomic E-state index is 0.0205. The first-order valence-electron chi connectivity index (χ1n) is 4.86. The molecule has 0 N–H and O–H groups in total. The van der Waals surface area contributed by atoms with Gasteiger partial charge in [0.1, 0.15) is 5.54 Å². The molecule has 0 aromatic heterocycles. The predicted octanol–water partition coefficient (Wildman–Crippen LogP) is 0.330. The Hall–Kier alpha value is -1.06. The minimum atomic E-state index is -0.592. The van der Waals surface area contributed by atoms with Crippen molar-refractivity contribution >= 4 is 12.3 Å². The summed E-state index contributed by atoms with van der Waals surface area (Å²) in [5, 5.41) is 0. The van der Waals surface area contributed by atoms with Gasteiger partial charge in [-0.25, -0.2) is 0 Å². The van der Waals surface area contributed by atoms with Gasteiger partial charge in [-0.15, -0.1) is 0 Å². The summed E-state index contributed by atoms with van der Waals surface area (Å²) in [5.74, 6) is 0.171. The number of hydrogen-bond acceptors (Lipinski definition) is 2. The lowest BCUT2D eigenvalue weighted by Crippen LogP contribution is -2.44. The quantitative estimate of drug-likeness (QED) is 0.484. The first kappa shape index (κ1) is 11.0. The van der Waals surface area contributed by atoms with Crippen LogP contribution < -0.4 is 0 Å². The third-order valence-electron chi connectivity index (χ3n) is 3.16. The number of hydrogen-bond donors (Lipinski definition) is 0. The molecule has 0 aromatic rings. The Morgan fingerprint density at radius 3 is 2.21 bits per heavy atom. The van der Waals surface area contributed by atoms with Crippen molar-refractivity contribution < 1.29 is 9.59 Å². The van der Waals surface area contributed by atoms with Gasteiger partial charge in [0.25, 0.3) is 0 Å². The number of carbonyl (C=O) groups excluding carboxylic acids is 2. The van der Waals surface area contributed by atoms with Crippen LogP contribution in [-0.4, -0.2) is 47.8 Å². The highest BCUT2D eigenvalue weighted by atomic mass is 16.2. The molecule has 0 aromatic carbocycles. The monoisotopic (exact) mass is 198 g/mol. The topological polar surface area (TPSA) is 40.4 Å². The fourth-order valence-corrected chi connectivity index (χ4v) is 2.32. The van der Waals surface area contributed by atoms with Crippen molar-refractivity contribution in [1.29, 1.82) is 0 Å². The lowest BCUT2D eigenvalue weighted by molar-refractivity contribution is -0.135. The number of nitrogens with zero attached hydrogens (tertiary/aromatic N) is 2. The fourth-order valence-electron chi connectivity index (χ4n) is 2.32. The molecule has 1 heterocycles. The van der Waals surface area contributed by atoms with Gasteiger partial charge in [0, 0.05) is 14.1 Å². The molecular formula is C10H18N2O2. The van der Waals surface area contributed by atoms with Crippen molar-refractivity contribution in [2.24, 2.45) is 5.92 Å². The summed E-state index contributed by atoms with van der Waals surface area (Å²) >= 11 is 0. The molecule has 14 heavy (non-hydrogen) atoms. The van der Waals surface area contributed by atoms with Crippen LogP contribution in [0.3, 0.4) is 0 Å². The maximum Gasteiger partial charge on any atom is 0.250 e. The second-order valence-electron chi connectivity index (χ2n) is 4.37. The normalized spacial score (nSPS) is 30.4. The largest absolute Gasteiger partial charge is 0.347 e. The van der Waals surface area contributed by atoms with E-state index in [9.17, 15) is 9.59 Å². The molecule has 0 bridgehead atoms. The molecule has 4 heteroatoms. The fraction of sp³-hybridized carbons (Fsp3) is 0.800. The van der Waals surface area contributed by atoms with Gasteiger partial charge in [-0.2, -0.15) is 0 Å². The van der Waals surface area contributed by atoms with Gasteiger partial charge in [0.05, 0.1) is 6.04 Å². The van der Waals surface area contributed by atoms with Crippen LogP contribution in [0.25, 0.3) is 0 Å². The van der Waals surface area contributed by atoms with E-state index in [4.69, 9.17) is 0 Å². The molecule has 1 saturated heterocycles. The Balaban J connectivity index is 2.98. The Morgan fingerprint density at radius 2 is 2.00 bits per heavy atom. The molecule has 0 spiro atoms. The van der Waals surface area contributed by atoms with E-state index >= 15 is 0 Å². The van der Waals surface area contributed by atoms with E-state index in [0.29, 0.717) is 0 Å². The highest BCUT2D eigenvalue weighted by Gasteiger charge is 2.67. The molecule has 2 amide bonds. The standard InChI is InChI=1S/C10H18N2O2/c1-7(2)10(9(14)11(4)5)8(3)12(10)6-13/h6-8H,1-5H3. The van der Waals surface area contributed by atoms with Gasteiger partial charge in [0.15, 0.2) is 0 Å². The zero-order chi connectivity index (χ0) is 11.1. The van der Waals surface area contributed by atoms with Crippen LogP contribution >= 0.6 is 0 Å². The lowest BCUT2D eigenvalue weighted by Gasteiger charge is -2.23. The van der Waals surface area contributed by atoms with Crippen molar-refractivity contribution in [1.82, 2.24) is 9.80 Å². The third-order valence-corrected chi connectivity index (χ3v) is 3.16. The van der Waals surface area contributed by atoms with Gasteiger partial charge in [0.2, 0.25) is 12.3 Å². The summed E-state index contributed by atoms with van der Waals surface area (Å²) in [6.07, 6.45) is 0.770. The molecular weight excluding hydrogens is 180 g/mol. The molecule has 1 rings (SSSR count). The summed E-state index contributed by atoms with van der Waals surface area (Å²) in [4.78, 5) is 25.9. The maximum absolute atomic E-state index is 12.0. The highest BCUT2D eigenvalue weighted by molar-refractivity contribution is 5.94. The van der Waals surface area contributed by atoms with Crippen LogP contribution in [0.4, 0.5) is 0 Å². The van der Waals surface area contributed by atoms with Crippen LogP contribution in [0.1, 0.15) is 20.8 Å². The van der Waals surface area contributed by atoms with E-state index < -0.39 is 5.54 Å². The van der Waals surface area contributed by atoms with Crippen LogP contribution in [0.15, 0.2) is 0 Å². The first-order chi connectivity index (χ1) is 6.40. The Morgan fingerprint density at radius 1 is 1.50 bits per heavy atom. The van der Waals surface area contributed by atoms with Crippen molar-refractivity contribution in [3.05, 3.63) is 0 Å². The van der Waals surface area contributed by atoms with Crippen LogP contribution in [-0.2, 0) is 9.59 Å². The Kier molecular flexibility index (Phi) is 2.56. The van der Waals surface area contributed by atoms with Gasteiger partial charge in [-0.05, 0) is 12.8 Å². The molecule has 2 atom stereocenters. The summed E-state index contributed by atoms with van der Waals surface area (Å²) in [6, 6.07) is 0.0231. The maximum atomic E-state index is 12.0. The molecule has 2 unspecified atom stereocenters. The lowest BCUT2D eigenvalue weighted by atomic mass is 9.90. The van der Waals surface area contributed by atoms with Crippen LogP contribution in [0.2, 0.25) is 0 Å². The van der Waals surface area contributed by atoms with E-state index in [1.165, 1.54) is 0 Å². The van der Waals surface area contributed by atoms with Gasteiger partial charge in [-0.1, -0.05) is 13.8 Å². The van der Waals surface area contributed by atoms with Gasteiger partial charge in [-0.3, -0.25) is 9.59 Å². The van der Waals surface area contributed by atoms with E-state index in [0.717, 1.165) is 6.41 Å². The summed E-state index contributed by atoms with van der Waals surface area (Å²) in [6.45, 7) is 5.86. The van der Waals surface area contributed by atoms with E-state index in [-0.39, 0.29) is 17.9 Å². The van der Waals surface area contributed by atoms with Crippen LogP contribution in [0, 0.1) is 5.92 Å².